The van der Waals surface area contributed by atoms with Gasteiger partial charge in [-0.3, -0.25) is 14.4 Å². The Morgan fingerprint density at radius 2 is 0.778 bits per heavy atom. The zero-order valence-corrected chi connectivity index (χ0v) is 49.7. The fourth-order valence-corrected chi connectivity index (χ4v) is 8.07. The SMILES string of the molecule is CC/C=C\C/C=C\C/C=C\C/C=C\C/C=C\CCCCCC(=O)OCC(COC1OC(C(=O)O)C(O)C(O)C1OC(=O)C/C=C\C/C=C\C/C=C\C/C=C\C/C=C\CC)OC(=O)CCCCCCCCC/C=C\C/C=C\C/C=C\CC. The Balaban J connectivity index is 2.77. The van der Waals surface area contributed by atoms with Crippen molar-refractivity contribution in [3.63, 3.8) is 0 Å². The molecule has 1 aliphatic heterocycles. The normalized spacial score (nSPS) is 18.9. The van der Waals surface area contributed by atoms with Gasteiger partial charge in [0.05, 0.1) is 13.0 Å². The molecule has 1 aliphatic rings. The molecule has 6 unspecified atom stereocenters. The maximum absolute atomic E-state index is 13.2. The number of rotatable bonds is 49. The van der Waals surface area contributed by atoms with Gasteiger partial charge in [0.1, 0.15) is 18.8 Å². The summed E-state index contributed by atoms with van der Waals surface area (Å²) in [6, 6.07) is 0. The molecule has 452 valence electrons. The minimum absolute atomic E-state index is 0.123. The summed E-state index contributed by atoms with van der Waals surface area (Å²) in [4.78, 5) is 51.2. The van der Waals surface area contributed by atoms with E-state index in [1.54, 1.807) is 12.2 Å². The van der Waals surface area contributed by atoms with Crippen LogP contribution in [0.15, 0.2) is 158 Å². The van der Waals surface area contributed by atoms with E-state index in [-0.39, 0.29) is 25.9 Å². The molecule has 0 saturated carbocycles. The standard InChI is InChI=1S/C69H104O12/c1-4-7-10-13-16-19-22-25-28-30-31-33-35-37-40-43-46-49-52-55-61(70)77-58-60(79-62(71)56-53-50-47-44-41-39-36-32-29-26-23-20-17-14-11-8-5-2)59-78-69-67(65(74)64(73)66(81-69)68(75)76)80-63(72)57-54-51-48-45-42-38-34-27-24-21-18-15-12-9-6-3/h7-12,16-21,25-29,31,33-34,37,40,42,45,51,54,60,64-67,69,73-74H,4-6,13-15,22-24,30,32,35-36,38-39,41,43-44,46-50,52-53,55-59H2,1-3H3,(H,75,76)/b10-7-,11-8-,12-9-,19-16-,20-17-,21-18-,28-25-,29-26-,33-31-,34-27-,40-37-,45-42-,54-51-. The van der Waals surface area contributed by atoms with Crippen LogP contribution in [0, 0.1) is 0 Å². The molecular formula is C69H104O12. The van der Waals surface area contributed by atoms with Crippen LogP contribution in [-0.2, 0) is 42.9 Å². The monoisotopic (exact) mass is 1120 g/mol. The molecule has 1 fully saturated rings. The fraction of sp³-hybridized carbons (Fsp3) is 0.565. The number of carbonyl (C=O) groups is 4. The first-order valence-corrected chi connectivity index (χ1v) is 30.5. The number of esters is 3. The van der Waals surface area contributed by atoms with E-state index in [2.05, 4.69) is 154 Å². The molecule has 0 aromatic heterocycles. The zero-order valence-electron chi connectivity index (χ0n) is 49.7. The Morgan fingerprint density at radius 3 is 1.20 bits per heavy atom. The minimum Gasteiger partial charge on any atom is -0.479 e. The number of aliphatic carboxylic acids is 1. The number of aliphatic hydroxyl groups excluding tert-OH is 2. The summed E-state index contributed by atoms with van der Waals surface area (Å²) in [5, 5.41) is 31.5. The number of allylic oxidation sites excluding steroid dienone is 25. The lowest BCUT2D eigenvalue weighted by atomic mass is 9.98. The molecule has 12 heteroatoms. The van der Waals surface area contributed by atoms with Gasteiger partial charge in [-0.25, -0.2) is 4.79 Å². The predicted octanol–water partition coefficient (Wildman–Crippen LogP) is 16.1. The van der Waals surface area contributed by atoms with Crippen molar-refractivity contribution in [2.75, 3.05) is 13.2 Å². The van der Waals surface area contributed by atoms with Gasteiger partial charge in [-0.2, -0.15) is 0 Å². The third-order valence-corrected chi connectivity index (χ3v) is 12.6. The van der Waals surface area contributed by atoms with Crippen LogP contribution in [0.25, 0.3) is 0 Å². The molecule has 6 atom stereocenters. The highest BCUT2D eigenvalue weighted by molar-refractivity contribution is 5.74. The van der Waals surface area contributed by atoms with E-state index in [9.17, 15) is 34.5 Å². The van der Waals surface area contributed by atoms with Crippen LogP contribution in [0.2, 0.25) is 0 Å². The lowest BCUT2D eigenvalue weighted by Crippen LogP contribution is -2.61. The van der Waals surface area contributed by atoms with Crippen LogP contribution >= 0.6 is 0 Å². The van der Waals surface area contributed by atoms with Gasteiger partial charge >= 0.3 is 23.9 Å². The van der Waals surface area contributed by atoms with Gasteiger partial charge in [0.25, 0.3) is 0 Å². The van der Waals surface area contributed by atoms with Gasteiger partial charge in [0.15, 0.2) is 24.6 Å². The number of carboxylic acid groups (broad SMARTS) is 1. The maximum atomic E-state index is 13.2. The molecule has 3 N–H and O–H groups in total. The van der Waals surface area contributed by atoms with Gasteiger partial charge in [0.2, 0.25) is 0 Å². The summed E-state index contributed by atoms with van der Waals surface area (Å²) in [7, 11) is 0. The molecule has 81 heavy (non-hydrogen) atoms. The highest BCUT2D eigenvalue weighted by Crippen LogP contribution is 2.26. The number of hydrogen-bond acceptors (Lipinski definition) is 11. The van der Waals surface area contributed by atoms with Crippen LogP contribution in [0.4, 0.5) is 0 Å². The van der Waals surface area contributed by atoms with Crippen molar-refractivity contribution in [3.8, 4) is 0 Å². The number of carboxylic acids is 1. The molecule has 12 nitrogen and oxygen atoms in total. The molecular weight excluding hydrogens is 1020 g/mol. The van der Waals surface area contributed by atoms with Crippen molar-refractivity contribution >= 4 is 23.9 Å². The van der Waals surface area contributed by atoms with Gasteiger partial charge in [-0.05, 0) is 122 Å². The van der Waals surface area contributed by atoms with Gasteiger partial charge in [-0.15, -0.1) is 0 Å². The van der Waals surface area contributed by atoms with E-state index in [0.29, 0.717) is 19.3 Å². The molecule has 0 aromatic rings. The van der Waals surface area contributed by atoms with Crippen LogP contribution in [0.3, 0.4) is 0 Å². The second-order valence-electron chi connectivity index (χ2n) is 19.9. The molecule has 0 aromatic carbocycles. The van der Waals surface area contributed by atoms with E-state index in [0.717, 1.165) is 141 Å². The topological polar surface area (TPSA) is 175 Å². The Morgan fingerprint density at radius 1 is 0.420 bits per heavy atom. The Bertz CT molecular complexity index is 2010. The highest BCUT2D eigenvalue weighted by Gasteiger charge is 2.50. The van der Waals surface area contributed by atoms with Gasteiger partial charge in [0, 0.05) is 12.8 Å². The number of unbranched alkanes of at least 4 members (excludes halogenated alkanes) is 10. The van der Waals surface area contributed by atoms with Crippen LogP contribution in [-0.4, -0.2) is 89.2 Å². The second kappa shape index (κ2) is 54.9. The van der Waals surface area contributed by atoms with Crippen molar-refractivity contribution in [1.29, 1.82) is 0 Å². The average Bonchev–Trinajstić information content (AvgIpc) is 3.53. The molecule has 1 heterocycles. The van der Waals surface area contributed by atoms with E-state index in [4.69, 9.17) is 23.7 Å². The van der Waals surface area contributed by atoms with Crippen molar-refractivity contribution in [2.45, 2.75) is 237 Å². The fourth-order valence-electron chi connectivity index (χ4n) is 8.07. The lowest BCUT2D eigenvalue weighted by Gasteiger charge is -2.40. The Hall–Kier alpha value is -5.66. The largest absolute Gasteiger partial charge is 0.479 e. The average molecular weight is 1130 g/mol. The Kier molecular flexibility index (Phi) is 49.7. The third-order valence-electron chi connectivity index (χ3n) is 12.6. The lowest BCUT2D eigenvalue weighted by molar-refractivity contribution is -0.301. The molecule has 1 rings (SSSR count). The summed E-state index contributed by atoms with van der Waals surface area (Å²) < 4.78 is 28.3. The summed E-state index contributed by atoms with van der Waals surface area (Å²) >= 11 is 0. The number of carbonyl (C=O) groups excluding carboxylic acids is 3. The first kappa shape index (κ1) is 73.4. The molecule has 0 bridgehead atoms. The van der Waals surface area contributed by atoms with E-state index >= 15 is 0 Å². The zero-order chi connectivity index (χ0) is 58.9. The number of hydrogen-bond donors (Lipinski definition) is 3. The minimum atomic E-state index is -1.95. The van der Waals surface area contributed by atoms with E-state index < -0.39 is 67.3 Å². The summed E-state index contributed by atoms with van der Waals surface area (Å²) in [6.07, 6.45) is 68.0. The third kappa shape index (κ3) is 44.7. The summed E-state index contributed by atoms with van der Waals surface area (Å²) in [5.41, 5.74) is 0. The highest BCUT2D eigenvalue weighted by atomic mass is 16.7. The Labute approximate surface area is 488 Å². The summed E-state index contributed by atoms with van der Waals surface area (Å²) in [5.74, 6) is -3.37. The van der Waals surface area contributed by atoms with Crippen molar-refractivity contribution in [1.82, 2.24) is 0 Å². The summed E-state index contributed by atoms with van der Waals surface area (Å²) in [6.45, 7) is 5.56. The van der Waals surface area contributed by atoms with Crippen molar-refractivity contribution < 1.29 is 58.2 Å². The van der Waals surface area contributed by atoms with E-state index in [1.165, 1.54) is 0 Å². The molecule has 0 spiro atoms. The van der Waals surface area contributed by atoms with Crippen molar-refractivity contribution in [3.05, 3.63) is 158 Å². The van der Waals surface area contributed by atoms with Gasteiger partial charge < -0.3 is 39.0 Å². The van der Waals surface area contributed by atoms with Crippen molar-refractivity contribution in [2.24, 2.45) is 0 Å². The first-order chi connectivity index (χ1) is 39.6. The first-order valence-electron chi connectivity index (χ1n) is 30.5. The van der Waals surface area contributed by atoms with E-state index in [1.807, 2.05) is 12.2 Å². The predicted molar refractivity (Wildman–Crippen MR) is 330 cm³/mol. The van der Waals surface area contributed by atoms with Crippen LogP contribution < -0.4 is 0 Å². The van der Waals surface area contributed by atoms with Gasteiger partial charge in [-0.1, -0.05) is 217 Å². The smallest absolute Gasteiger partial charge is 0.335 e. The molecule has 0 aliphatic carbocycles. The number of ether oxygens (including phenoxy) is 5. The quantitative estimate of drug-likeness (QED) is 0.0228. The molecule has 0 radical (unpaired) electrons. The maximum Gasteiger partial charge on any atom is 0.335 e. The van der Waals surface area contributed by atoms with Crippen LogP contribution in [0.5, 0.6) is 0 Å². The second-order valence-corrected chi connectivity index (χ2v) is 19.9. The molecule has 1 saturated heterocycles. The number of aliphatic hydroxyl groups is 2. The van der Waals surface area contributed by atoms with Crippen LogP contribution in [0.1, 0.15) is 201 Å². The molecule has 0 amide bonds.